The van der Waals surface area contributed by atoms with Crippen LogP contribution >= 0.6 is 0 Å². The van der Waals surface area contributed by atoms with Crippen LogP contribution in [0.4, 0.5) is 0 Å². The highest BCUT2D eigenvalue weighted by atomic mass is 16.2. The smallest absolute Gasteiger partial charge is 0.230 e. The van der Waals surface area contributed by atoms with Gasteiger partial charge < -0.3 is 4.90 Å². The number of likely N-dealkylation sites (tertiary alicyclic amines) is 1. The molecule has 3 heteroatoms. The number of nitrogens with zero attached hydrogens (tertiary/aromatic N) is 1. The average Bonchev–Trinajstić information content (AvgIpc) is 2.99. The molecule has 1 unspecified atom stereocenters. The lowest BCUT2D eigenvalue weighted by Gasteiger charge is -2.33. The lowest BCUT2D eigenvalue weighted by atomic mass is 10.0. The van der Waals surface area contributed by atoms with Gasteiger partial charge in [0.1, 0.15) is 5.78 Å². The Kier molecular flexibility index (Phi) is 3.08. The number of amides is 1. The molecule has 2 fully saturated rings. The van der Waals surface area contributed by atoms with Gasteiger partial charge in [-0.2, -0.15) is 0 Å². The summed E-state index contributed by atoms with van der Waals surface area (Å²) >= 11 is 0. The number of carbonyl (C=O) groups is 2. The molecule has 3 nitrogen and oxygen atoms in total. The molecule has 1 saturated heterocycles. The molecule has 0 aromatic rings. The Hall–Kier alpha value is -0.860. The normalized spacial score (nSPS) is 24.5. The predicted octanol–water partition coefficient (Wildman–Crippen LogP) is 1.76. The summed E-state index contributed by atoms with van der Waals surface area (Å²) in [4.78, 5) is 24.8. The van der Waals surface area contributed by atoms with E-state index in [0.717, 1.165) is 18.8 Å². The average molecular weight is 209 g/mol. The minimum atomic E-state index is 0.0544. The van der Waals surface area contributed by atoms with Crippen molar-refractivity contribution in [1.82, 2.24) is 4.90 Å². The molecule has 1 atom stereocenters. The number of Topliss-reactive ketones (excluding diaryl/α,β-unsaturated/α-hetero) is 1. The van der Waals surface area contributed by atoms with Gasteiger partial charge in [0.2, 0.25) is 5.91 Å². The molecule has 2 aliphatic rings. The van der Waals surface area contributed by atoms with Crippen molar-refractivity contribution in [1.29, 1.82) is 0 Å². The Morgan fingerprint density at radius 1 is 1.40 bits per heavy atom. The Morgan fingerprint density at radius 2 is 2.13 bits per heavy atom. The van der Waals surface area contributed by atoms with Gasteiger partial charge >= 0.3 is 0 Å². The lowest BCUT2D eigenvalue weighted by molar-refractivity contribution is -0.141. The molecule has 2 rings (SSSR count). The fourth-order valence-corrected chi connectivity index (χ4v) is 2.37. The van der Waals surface area contributed by atoms with E-state index >= 15 is 0 Å². The minimum Gasteiger partial charge on any atom is -0.339 e. The minimum absolute atomic E-state index is 0.0544. The zero-order valence-electron chi connectivity index (χ0n) is 9.37. The molecule has 1 saturated carbocycles. The van der Waals surface area contributed by atoms with Gasteiger partial charge in [-0.3, -0.25) is 9.59 Å². The number of piperidine rings is 1. The zero-order chi connectivity index (χ0) is 10.8. The summed E-state index contributed by atoms with van der Waals surface area (Å²) in [5.41, 5.74) is 0. The lowest BCUT2D eigenvalue weighted by Crippen LogP contribution is -2.45. The number of hydrogen-bond acceptors (Lipinski definition) is 2. The van der Waals surface area contributed by atoms with E-state index in [-0.39, 0.29) is 18.1 Å². The second-order valence-electron chi connectivity index (χ2n) is 4.79. The van der Waals surface area contributed by atoms with E-state index in [1.165, 1.54) is 12.8 Å². The molecule has 1 aliphatic heterocycles. The maximum atomic E-state index is 11.7. The molecular formula is C12H19NO2. The monoisotopic (exact) mass is 209 g/mol. The summed E-state index contributed by atoms with van der Waals surface area (Å²) in [5, 5.41) is 0. The molecule has 0 N–H and O–H groups in total. The van der Waals surface area contributed by atoms with Crippen molar-refractivity contribution in [3.05, 3.63) is 0 Å². The fourth-order valence-electron chi connectivity index (χ4n) is 2.37. The summed E-state index contributed by atoms with van der Waals surface area (Å²) in [5.74, 6) is 1.01. The summed E-state index contributed by atoms with van der Waals surface area (Å²) in [6.45, 7) is 2.79. The molecule has 1 amide bonds. The SMILES string of the molecule is CCC(CC1CC1)N1CCC(=O)CC1=O. The van der Waals surface area contributed by atoms with Crippen LogP contribution in [-0.2, 0) is 9.59 Å². The van der Waals surface area contributed by atoms with Crippen molar-refractivity contribution in [2.45, 2.75) is 51.5 Å². The molecule has 0 bridgehead atoms. The van der Waals surface area contributed by atoms with Gasteiger partial charge in [-0.15, -0.1) is 0 Å². The highest BCUT2D eigenvalue weighted by Gasteiger charge is 2.32. The highest BCUT2D eigenvalue weighted by molar-refractivity contribution is 6.00. The van der Waals surface area contributed by atoms with Gasteiger partial charge in [-0.05, 0) is 18.8 Å². The number of ketones is 1. The van der Waals surface area contributed by atoms with Crippen LogP contribution in [0.5, 0.6) is 0 Å². The summed E-state index contributed by atoms with van der Waals surface area (Å²) in [7, 11) is 0. The molecule has 0 radical (unpaired) electrons. The number of rotatable bonds is 4. The van der Waals surface area contributed by atoms with Crippen LogP contribution in [-0.4, -0.2) is 29.2 Å². The van der Waals surface area contributed by atoms with Crippen LogP contribution in [0.3, 0.4) is 0 Å². The molecule has 15 heavy (non-hydrogen) atoms. The zero-order valence-corrected chi connectivity index (χ0v) is 9.37. The predicted molar refractivity (Wildman–Crippen MR) is 57.4 cm³/mol. The number of carbonyl (C=O) groups excluding carboxylic acids is 2. The molecule has 1 aliphatic carbocycles. The highest BCUT2D eigenvalue weighted by Crippen LogP contribution is 2.35. The van der Waals surface area contributed by atoms with E-state index in [0.29, 0.717) is 19.0 Å². The Morgan fingerprint density at radius 3 is 2.67 bits per heavy atom. The topological polar surface area (TPSA) is 37.4 Å². The van der Waals surface area contributed by atoms with E-state index in [4.69, 9.17) is 0 Å². The van der Waals surface area contributed by atoms with Crippen LogP contribution in [0.15, 0.2) is 0 Å². The standard InChI is InChI=1S/C12H19NO2/c1-2-10(7-9-3-4-9)13-6-5-11(14)8-12(13)15/h9-10H,2-8H2,1H3. The second-order valence-corrected chi connectivity index (χ2v) is 4.79. The van der Waals surface area contributed by atoms with Crippen LogP contribution in [0.25, 0.3) is 0 Å². The summed E-state index contributed by atoms with van der Waals surface area (Å²) in [6.07, 6.45) is 5.54. The van der Waals surface area contributed by atoms with E-state index in [1.54, 1.807) is 0 Å². The maximum Gasteiger partial charge on any atom is 0.230 e. The van der Waals surface area contributed by atoms with Crippen LogP contribution in [0.2, 0.25) is 0 Å². The Bertz CT molecular complexity index is 271. The van der Waals surface area contributed by atoms with Gasteiger partial charge in [-0.25, -0.2) is 0 Å². The van der Waals surface area contributed by atoms with Crippen LogP contribution in [0.1, 0.15) is 45.4 Å². The summed E-state index contributed by atoms with van der Waals surface area (Å²) < 4.78 is 0. The van der Waals surface area contributed by atoms with Crippen molar-refractivity contribution in [2.24, 2.45) is 5.92 Å². The van der Waals surface area contributed by atoms with E-state index in [2.05, 4.69) is 6.92 Å². The number of hydrogen-bond donors (Lipinski definition) is 0. The van der Waals surface area contributed by atoms with Crippen molar-refractivity contribution >= 4 is 11.7 Å². The molecule has 0 spiro atoms. The Labute approximate surface area is 90.8 Å². The van der Waals surface area contributed by atoms with Gasteiger partial charge in [-0.1, -0.05) is 19.8 Å². The first-order valence-corrected chi connectivity index (χ1v) is 6.02. The molecule has 0 aromatic heterocycles. The van der Waals surface area contributed by atoms with Crippen LogP contribution < -0.4 is 0 Å². The third kappa shape index (κ3) is 2.58. The van der Waals surface area contributed by atoms with Gasteiger partial charge in [0, 0.05) is 19.0 Å². The van der Waals surface area contributed by atoms with Crippen molar-refractivity contribution in [3.8, 4) is 0 Å². The third-order valence-corrected chi connectivity index (χ3v) is 3.51. The van der Waals surface area contributed by atoms with Crippen molar-refractivity contribution in [2.75, 3.05) is 6.54 Å². The van der Waals surface area contributed by atoms with Crippen LogP contribution in [0, 0.1) is 5.92 Å². The first-order valence-electron chi connectivity index (χ1n) is 6.02. The second kappa shape index (κ2) is 4.33. The van der Waals surface area contributed by atoms with Crippen molar-refractivity contribution < 1.29 is 9.59 Å². The fraction of sp³-hybridized carbons (Fsp3) is 0.833. The Balaban J connectivity index is 1.93. The summed E-state index contributed by atoms with van der Waals surface area (Å²) in [6, 6.07) is 0.387. The van der Waals surface area contributed by atoms with Gasteiger partial charge in [0.15, 0.2) is 0 Å². The van der Waals surface area contributed by atoms with Crippen molar-refractivity contribution in [3.63, 3.8) is 0 Å². The molecule has 0 aromatic carbocycles. The van der Waals surface area contributed by atoms with E-state index < -0.39 is 0 Å². The first-order chi connectivity index (χ1) is 7.20. The van der Waals surface area contributed by atoms with E-state index in [9.17, 15) is 9.59 Å². The quantitative estimate of drug-likeness (QED) is 0.661. The van der Waals surface area contributed by atoms with E-state index in [1.807, 2.05) is 4.90 Å². The van der Waals surface area contributed by atoms with Gasteiger partial charge in [0.05, 0.1) is 6.42 Å². The van der Waals surface area contributed by atoms with Gasteiger partial charge in [0.25, 0.3) is 0 Å². The molecule has 1 heterocycles. The molecule has 84 valence electrons. The maximum absolute atomic E-state index is 11.7. The first kappa shape index (κ1) is 10.7. The third-order valence-electron chi connectivity index (χ3n) is 3.51. The molecular weight excluding hydrogens is 190 g/mol. The largest absolute Gasteiger partial charge is 0.339 e.